The molecule has 2 aromatic rings. The van der Waals surface area contributed by atoms with Gasteiger partial charge in [0, 0.05) is 23.0 Å². The molecule has 0 spiro atoms. The number of fused-ring (bicyclic) bond motifs is 1. The first-order valence-corrected chi connectivity index (χ1v) is 6.33. The summed E-state index contributed by atoms with van der Waals surface area (Å²) in [5.41, 5.74) is 11.2. The third-order valence-corrected chi connectivity index (χ3v) is 3.88. The van der Waals surface area contributed by atoms with E-state index in [0.717, 1.165) is 0 Å². The lowest BCUT2D eigenvalue weighted by atomic mass is 9.88. The first kappa shape index (κ1) is 12.2. The van der Waals surface area contributed by atoms with Gasteiger partial charge in [-0.2, -0.15) is 0 Å². The second-order valence-electron chi connectivity index (χ2n) is 5.26. The molecule has 2 heteroatoms. The van der Waals surface area contributed by atoms with Gasteiger partial charge in [0.05, 0.1) is 0 Å². The van der Waals surface area contributed by atoms with Gasteiger partial charge >= 0.3 is 0 Å². The van der Waals surface area contributed by atoms with Crippen molar-refractivity contribution in [2.24, 2.45) is 11.7 Å². The molecule has 0 aliphatic rings. The van der Waals surface area contributed by atoms with Gasteiger partial charge in [-0.1, -0.05) is 26.0 Å². The number of aryl methyl sites for hydroxylation is 2. The standard InChI is InChI=1S/C15H22N2/c1-9(2)13(7-16)14-8-17-15-11(4)10(3)5-6-12(14)15/h5-6,8-9,13,17H,7,16H2,1-4H3. The summed E-state index contributed by atoms with van der Waals surface area (Å²) in [5.74, 6) is 1.01. The minimum atomic E-state index is 0.436. The van der Waals surface area contributed by atoms with Gasteiger partial charge < -0.3 is 10.7 Å². The summed E-state index contributed by atoms with van der Waals surface area (Å²) in [6.45, 7) is 9.50. The normalized spacial score (nSPS) is 13.5. The van der Waals surface area contributed by atoms with E-state index in [1.165, 1.54) is 27.6 Å². The fraction of sp³-hybridized carbons (Fsp3) is 0.467. The Morgan fingerprint density at radius 3 is 2.53 bits per heavy atom. The van der Waals surface area contributed by atoms with Crippen molar-refractivity contribution >= 4 is 10.9 Å². The number of benzene rings is 1. The van der Waals surface area contributed by atoms with Crippen LogP contribution in [0.25, 0.3) is 10.9 Å². The van der Waals surface area contributed by atoms with Crippen LogP contribution in [-0.2, 0) is 0 Å². The topological polar surface area (TPSA) is 41.8 Å². The highest BCUT2D eigenvalue weighted by Gasteiger charge is 2.18. The molecule has 2 nitrogen and oxygen atoms in total. The van der Waals surface area contributed by atoms with Crippen LogP contribution in [0.15, 0.2) is 18.3 Å². The Hall–Kier alpha value is -1.28. The first-order chi connectivity index (χ1) is 8.06. The number of rotatable bonds is 3. The smallest absolute Gasteiger partial charge is 0.0489 e. The van der Waals surface area contributed by atoms with E-state index in [2.05, 4.69) is 51.0 Å². The van der Waals surface area contributed by atoms with E-state index in [1.54, 1.807) is 0 Å². The molecule has 0 aliphatic carbocycles. The van der Waals surface area contributed by atoms with Crippen LogP contribution >= 0.6 is 0 Å². The lowest BCUT2D eigenvalue weighted by Gasteiger charge is -2.18. The summed E-state index contributed by atoms with van der Waals surface area (Å²) in [5, 5.41) is 1.33. The van der Waals surface area contributed by atoms with Crippen molar-refractivity contribution in [1.29, 1.82) is 0 Å². The molecule has 0 saturated carbocycles. The largest absolute Gasteiger partial charge is 0.361 e. The van der Waals surface area contributed by atoms with Crippen molar-refractivity contribution in [3.8, 4) is 0 Å². The molecule has 1 aromatic carbocycles. The average Bonchev–Trinajstić information content (AvgIpc) is 2.69. The highest BCUT2D eigenvalue weighted by Crippen LogP contribution is 2.32. The number of hydrogen-bond acceptors (Lipinski definition) is 1. The molecular weight excluding hydrogens is 208 g/mol. The molecule has 0 bridgehead atoms. The van der Waals surface area contributed by atoms with Crippen LogP contribution in [0.1, 0.15) is 36.5 Å². The van der Waals surface area contributed by atoms with E-state index in [9.17, 15) is 0 Å². The van der Waals surface area contributed by atoms with Gasteiger partial charge in [-0.05, 0) is 43.0 Å². The molecule has 0 amide bonds. The molecule has 0 saturated heterocycles. The van der Waals surface area contributed by atoms with E-state index in [4.69, 9.17) is 5.73 Å². The number of aromatic nitrogens is 1. The monoisotopic (exact) mass is 230 g/mol. The third-order valence-electron chi connectivity index (χ3n) is 3.88. The predicted molar refractivity (Wildman–Crippen MR) is 74.4 cm³/mol. The number of hydrogen-bond donors (Lipinski definition) is 2. The Morgan fingerprint density at radius 1 is 1.24 bits per heavy atom. The highest BCUT2D eigenvalue weighted by molar-refractivity contribution is 5.87. The fourth-order valence-corrected chi connectivity index (χ4v) is 2.54. The molecular formula is C15H22N2. The van der Waals surface area contributed by atoms with E-state index < -0.39 is 0 Å². The number of nitrogens with two attached hydrogens (primary N) is 1. The molecule has 0 radical (unpaired) electrons. The summed E-state index contributed by atoms with van der Waals surface area (Å²) in [6, 6.07) is 4.41. The molecule has 1 unspecified atom stereocenters. The fourth-order valence-electron chi connectivity index (χ4n) is 2.54. The van der Waals surface area contributed by atoms with Crippen molar-refractivity contribution in [3.63, 3.8) is 0 Å². The van der Waals surface area contributed by atoms with Crippen LogP contribution in [0.3, 0.4) is 0 Å². The van der Waals surface area contributed by atoms with Crippen molar-refractivity contribution in [2.75, 3.05) is 6.54 Å². The number of nitrogens with one attached hydrogen (secondary N) is 1. The summed E-state index contributed by atoms with van der Waals surface area (Å²) in [6.07, 6.45) is 2.13. The lowest BCUT2D eigenvalue weighted by Crippen LogP contribution is -2.17. The zero-order valence-corrected chi connectivity index (χ0v) is 11.2. The summed E-state index contributed by atoms with van der Waals surface area (Å²) >= 11 is 0. The van der Waals surface area contributed by atoms with E-state index in [-0.39, 0.29) is 0 Å². The van der Waals surface area contributed by atoms with Gasteiger partial charge in [-0.25, -0.2) is 0 Å². The molecule has 17 heavy (non-hydrogen) atoms. The Balaban J connectivity index is 2.61. The average molecular weight is 230 g/mol. The van der Waals surface area contributed by atoms with Gasteiger partial charge in [0.25, 0.3) is 0 Å². The van der Waals surface area contributed by atoms with Crippen LogP contribution in [0.5, 0.6) is 0 Å². The minimum Gasteiger partial charge on any atom is -0.361 e. The Labute approximate surface area is 103 Å². The predicted octanol–water partition coefficient (Wildman–Crippen LogP) is 3.48. The first-order valence-electron chi connectivity index (χ1n) is 6.33. The number of aromatic amines is 1. The summed E-state index contributed by atoms with van der Waals surface area (Å²) < 4.78 is 0. The molecule has 2 rings (SSSR count). The van der Waals surface area contributed by atoms with Gasteiger partial charge in [-0.3, -0.25) is 0 Å². The zero-order chi connectivity index (χ0) is 12.6. The van der Waals surface area contributed by atoms with Crippen LogP contribution in [-0.4, -0.2) is 11.5 Å². The Bertz CT molecular complexity index is 523. The zero-order valence-electron chi connectivity index (χ0n) is 11.2. The van der Waals surface area contributed by atoms with Crippen LogP contribution in [0, 0.1) is 19.8 Å². The van der Waals surface area contributed by atoms with Gasteiger partial charge in [0.15, 0.2) is 0 Å². The van der Waals surface area contributed by atoms with Gasteiger partial charge in [0.1, 0.15) is 0 Å². The van der Waals surface area contributed by atoms with Crippen LogP contribution in [0.2, 0.25) is 0 Å². The van der Waals surface area contributed by atoms with Crippen LogP contribution < -0.4 is 5.73 Å². The van der Waals surface area contributed by atoms with E-state index in [1.807, 2.05) is 0 Å². The molecule has 1 atom stereocenters. The maximum absolute atomic E-state index is 5.91. The SMILES string of the molecule is Cc1ccc2c(C(CN)C(C)C)c[nH]c2c1C. The van der Waals surface area contributed by atoms with Crippen molar-refractivity contribution in [1.82, 2.24) is 4.98 Å². The summed E-state index contributed by atoms with van der Waals surface area (Å²) in [4.78, 5) is 3.41. The Kier molecular flexibility index (Phi) is 3.25. The highest BCUT2D eigenvalue weighted by atomic mass is 14.7. The number of H-pyrrole nitrogens is 1. The lowest BCUT2D eigenvalue weighted by molar-refractivity contribution is 0.509. The third kappa shape index (κ3) is 1.98. The molecule has 1 heterocycles. The molecule has 92 valence electrons. The Morgan fingerprint density at radius 2 is 1.94 bits per heavy atom. The van der Waals surface area contributed by atoms with Crippen LogP contribution in [0.4, 0.5) is 0 Å². The van der Waals surface area contributed by atoms with Crippen molar-refractivity contribution in [3.05, 3.63) is 35.0 Å². The molecule has 3 N–H and O–H groups in total. The maximum atomic E-state index is 5.91. The van der Waals surface area contributed by atoms with Gasteiger partial charge in [-0.15, -0.1) is 0 Å². The van der Waals surface area contributed by atoms with E-state index in [0.29, 0.717) is 18.4 Å². The van der Waals surface area contributed by atoms with Gasteiger partial charge in [0.2, 0.25) is 0 Å². The molecule has 1 aromatic heterocycles. The second kappa shape index (κ2) is 4.53. The molecule has 0 fully saturated rings. The quantitative estimate of drug-likeness (QED) is 0.832. The van der Waals surface area contributed by atoms with Crippen molar-refractivity contribution < 1.29 is 0 Å². The van der Waals surface area contributed by atoms with E-state index >= 15 is 0 Å². The minimum absolute atomic E-state index is 0.436. The second-order valence-corrected chi connectivity index (χ2v) is 5.26. The maximum Gasteiger partial charge on any atom is 0.0489 e. The van der Waals surface area contributed by atoms with Crippen molar-refractivity contribution in [2.45, 2.75) is 33.6 Å². The summed E-state index contributed by atoms with van der Waals surface area (Å²) in [7, 11) is 0. The molecule has 0 aliphatic heterocycles.